The van der Waals surface area contributed by atoms with E-state index < -0.39 is 5.91 Å². The van der Waals surface area contributed by atoms with Crippen LogP contribution < -0.4 is 16.8 Å². The van der Waals surface area contributed by atoms with E-state index in [0.717, 1.165) is 43.7 Å². The minimum absolute atomic E-state index is 0.123. The number of rotatable bonds is 8. The van der Waals surface area contributed by atoms with Gasteiger partial charge in [-0.3, -0.25) is 14.7 Å². The van der Waals surface area contributed by atoms with Gasteiger partial charge in [0.25, 0.3) is 5.91 Å². The van der Waals surface area contributed by atoms with Gasteiger partial charge in [-0.2, -0.15) is 0 Å². The Morgan fingerprint density at radius 3 is 2.71 bits per heavy atom. The van der Waals surface area contributed by atoms with E-state index in [1.807, 2.05) is 12.1 Å². The molecule has 2 aromatic carbocycles. The van der Waals surface area contributed by atoms with Crippen molar-refractivity contribution in [3.8, 4) is 11.3 Å². The fourth-order valence-electron chi connectivity index (χ4n) is 3.99. The fraction of sp³-hybridized carbons (Fsp3) is 0.292. The van der Waals surface area contributed by atoms with Gasteiger partial charge >= 0.3 is 0 Å². The number of nitrogens with one attached hydrogen (secondary N) is 1. The second-order valence-corrected chi connectivity index (χ2v) is 7.91. The molecule has 4 rings (SSSR count). The van der Waals surface area contributed by atoms with Crippen LogP contribution in [-0.4, -0.2) is 39.9 Å². The molecule has 0 aliphatic carbocycles. The predicted octanol–water partition coefficient (Wildman–Crippen LogP) is 2.07. The maximum absolute atomic E-state index is 11.7. The van der Waals surface area contributed by atoms with Crippen LogP contribution in [0.2, 0.25) is 0 Å². The van der Waals surface area contributed by atoms with Crippen LogP contribution in [0.25, 0.3) is 11.3 Å². The van der Waals surface area contributed by atoms with Crippen LogP contribution >= 0.6 is 0 Å². The van der Waals surface area contributed by atoms with Gasteiger partial charge < -0.3 is 16.8 Å². The average Bonchev–Trinajstić information content (AvgIpc) is 3.25. The zero-order valence-corrected chi connectivity index (χ0v) is 17.5. The molecule has 1 aliphatic rings. The Hall–Kier alpha value is -3.13. The average molecular weight is 417 g/mol. The topological polar surface area (TPSA) is 110 Å². The Labute approximate surface area is 182 Å². The number of primary amides is 1. The number of amides is 1. The van der Waals surface area contributed by atoms with E-state index in [1.165, 1.54) is 5.56 Å². The van der Waals surface area contributed by atoms with Gasteiger partial charge in [-0.1, -0.05) is 48.5 Å². The third-order valence-electron chi connectivity index (χ3n) is 5.61. The third-order valence-corrected chi connectivity index (χ3v) is 5.61. The zero-order chi connectivity index (χ0) is 21.6. The molecule has 160 valence electrons. The van der Waals surface area contributed by atoms with Crippen molar-refractivity contribution in [2.24, 2.45) is 11.5 Å². The van der Waals surface area contributed by atoms with E-state index in [4.69, 9.17) is 11.5 Å². The quantitative estimate of drug-likeness (QED) is 0.518. The van der Waals surface area contributed by atoms with E-state index in [0.29, 0.717) is 17.4 Å². The molecule has 0 bridgehead atoms. The molecule has 0 saturated carbocycles. The van der Waals surface area contributed by atoms with Crippen LogP contribution in [0.4, 0.5) is 0 Å². The van der Waals surface area contributed by atoms with Crippen LogP contribution in [0.3, 0.4) is 0 Å². The van der Waals surface area contributed by atoms with E-state index in [1.54, 1.807) is 6.20 Å². The molecular formula is C24H28N6O. The van der Waals surface area contributed by atoms with Crippen molar-refractivity contribution in [1.29, 1.82) is 0 Å². The maximum atomic E-state index is 11.7. The van der Waals surface area contributed by atoms with E-state index in [2.05, 4.69) is 62.6 Å². The summed E-state index contributed by atoms with van der Waals surface area (Å²) in [4.78, 5) is 22.8. The van der Waals surface area contributed by atoms with E-state index in [-0.39, 0.29) is 12.2 Å². The molecule has 1 amide bonds. The van der Waals surface area contributed by atoms with Gasteiger partial charge in [-0.25, -0.2) is 4.98 Å². The molecule has 0 radical (unpaired) electrons. The zero-order valence-electron chi connectivity index (χ0n) is 17.5. The minimum atomic E-state index is -0.617. The number of aromatic nitrogens is 2. The number of likely N-dealkylation sites (tertiary alicyclic amines) is 1. The molecule has 1 atom stereocenters. The first kappa shape index (κ1) is 21.1. The summed E-state index contributed by atoms with van der Waals surface area (Å²) < 4.78 is 0. The number of carbonyl (C=O) groups excluding carboxylic acids is 1. The standard InChI is InChI=1S/C24H28N6O/c25-12-21-23(24(26)31)29-22(14-28-21)19-8-4-7-18(11-19)13-27-20-9-10-30(16-20)15-17-5-2-1-3-6-17/h1-8,11,14,20,27H,9-10,12-13,15-16,25H2,(H2,26,31). The van der Waals surface area contributed by atoms with Crippen molar-refractivity contribution in [3.63, 3.8) is 0 Å². The normalized spacial score (nSPS) is 16.5. The third kappa shape index (κ3) is 5.32. The lowest BCUT2D eigenvalue weighted by Crippen LogP contribution is -2.31. The van der Waals surface area contributed by atoms with E-state index in [9.17, 15) is 4.79 Å². The molecule has 7 heteroatoms. The highest BCUT2D eigenvalue weighted by molar-refractivity contribution is 5.92. The highest BCUT2D eigenvalue weighted by Crippen LogP contribution is 2.20. The summed E-state index contributed by atoms with van der Waals surface area (Å²) in [5, 5.41) is 3.67. The number of carbonyl (C=O) groups is 1. The van der Waals surface area contributed by atoms with Gasteiger partial charge in [-0.05, 0) is 23.6 Å². The van der Waals surface area contributed by atoms with Gasteiger partial charge in [0.05, 0.1) is 17.6 Å². The molecule has 7 nitrogen and oxygen atoms in total. The molecule has 1 fully saturated rings. The first-order chi connectivity index (χ1) is 15.1. The van der Waals surface area contributed by atoms with Crippen LogP contribution in [-0.2, 0) is 19.6 Å². The van der Waals surface area contributed by atoms with Gasteiger partial charge in [-0.15, -0.1) is 0 Å². The van der Waals surface area contributed by atoms with Crippen LogP contribution in [0.1, 0.15) is 33.7 Å². The summed E-state index contributed by atoms with van der Waals surface area (Å²) >= 11 is 0. The van der Waals surface area contributed by atoms with Crippen molar-refractivity contribution in [1.82, 2.24) is 20.2 Å². The van der Waals surface area contributed by atoms with Gasteiger partial charge in [0, 0.05) is 44.3 Å². The molecular weight excluding hydrogens is 388 g/mol. The van der Waals surface area contributed by atoms with Crippen LogP contribution in [0.15, 0.2) is 60.8 Å². The number of hydrogen-bond donors (Lipinski definition) is 3. The molecule has 31 heavy (non-hydrogen) atoms. The molecule has 1 aromatic heterocycles. The Balaban J connectivity index is 1.37. The lowest BCUT2D eigenvalue weighted by atomic mass is 10.1. The summed E-state index contributed by atoms with van der Waals surface area (Å²) in [5.41, 5.74) is 15.6. The maximum Gasteiger partial charge on any atom is 0.269 e. The molecule has 2 heterocycles. The first-order valence-electron chi connectivity index (χ1n) is 10.6. The molecule has 5 N–H and O–H groups in total. The van der Waals surface area contributed by atoms with Crippen molar-refractivity contribution in [3.05, 3.63) is 83.3 Å². The summed E-state index contributed by atoms with van der Waals surface area (Å²) in [6.07, 6.45) is 2.78. The summed E-state index contributed by atoms with van der Waals surface area (Å²) in [6.45, 7) is 4.04. The molecule has 1 aliphatic heterocycles. The lowest BCUT2D eigenvalue weighted by Gasteiger charge is -2.17. The summed E-state index contributed by atoms with van der Waals surface area (Å²) in [5.74, 6) is -0.617. The van der Waals surface area contributed by atoms with Crippen molar-refractivity contribution < 1.29 is 4.79 Å². The Bertz CT molecular complexity index is 1040. The van der Waals surface area contributed by atoms with Gasteiger partial charge in [0.1, 0.15) is 0 Å². The van der Waals surface area contributed by atoms with Gasteiger partial charge in [0.2, 0.25) is 0 Å². The molecule has 0 spiro atoms. The van der Waals surface area contributed by atoms with Crippen molar-refractivity contribution >= 4 is 5.91 Å². The van der Waals surface area contributed by atoms with Crippen molar-refractivity contribution in [2.45, 2.75) is 32.1 Å². The minimum Gasteiger partial charge on any atom is -0.364 e. The van der Waals surface area contributed by atoms with Gasteiger partial charge in [0.15, 0.2) is 5.69 Å². The predicted molar refractivity (Wildman–Crippen MR) is 121 cm³/mol. The number of nitrogens with two attached hydrogens (primary N) is 2. The molecule has 1 unspecified atom stereocenters. The van der Waals surface area contributed by atoms with Crippen molar-refractivity contribution in [2.75, 3.05) is 13.1 Å². The Morgan fingerprint density at radius 1 is 1.13 bits per heavy atom. The van der Waals surface area contributed by atoms with Crippen LogP contribution in [0.5, 0.6) is 0 Å². The summed E-state index contributed by atoms with van der Waals surface area (Å²) in [7, 11) is 0. The Kier molecular flexibility index (Phi) is 6.66. The lowest BCUT2D eigenvalue weighted by molar-refractivity contribution is 0.0994. The van der Waals surface area contributed by atoms with E-state index >= 15 is 0 Å². The second-order valence-electron chi connectivity index (χ2n) is 7.91. The highest BCUT2D eigenvalue weighted by Gasteiger charge is 2.22. The SMILES string of the molecule is NCc1ncc(-c2cccc(CNC3CCN(Cc4ccccc4)C3)c2)nc1C(N)=O. The Morgan fingerprint density at radius 2 is 1.94 bits per heavy atom. The second kappa shape index (κ2) is 9.78. The number of nitrogens with zero attached hydrogens (tertiary/aromatic N) is 3. The van der Waals surface area contributed by atoms with Crippen LogP contribution in [0, 0.1) is 0 Å². The number of hydrogen-bond acceptors (Lipinski definition) is 6. The number of benzene rings is 2. The summed E-state index contributed by atoms with van der Waals surface area (Å²) in [6, 6.07) is 19.2. The first-order valence-corrected chi connectivity index (χ1v) is 10.6. The largest absolute Gasteiger partial charge is 0.364 e. The molecule has 1 saturated heterocycles. The smallest absolute Gasteiger partial charge is 0.269 e. The highest BCUT2D eigenvalue weighted by atomic mass is 16.1. The fourth-order valence-corrected chi connectivity index (χ4v) is 3.99. The monoisotopic (exact) mass is 416 g/mol. The molecule has 3 aromatic rings.